The van der Waals surface area contributed by atoms with E-state index in [1.165, 1.54) is 17.4 Å². The lowest BCUT2D eigenvalue weighted by atomic mass is 10.3. The minimum atomic E-state index is -0.388. The van der Waals surface area contributed by atoms with Crippen molar-refractivity contribution in [3.8, 4) is 0 Å². The molecular weight excluding hydrogens is 367 g/mol. The summed E-state index contributed by atoms with van der Waals surface area (Å²) < 4.78 is 23.9. The minimum absolute atomic E-state index is 0.0396. The van der Waals surface area contributed by atoms with Crippen LogP contribution in [0.3, 0.4) is 0 Å². The fourth-order valence-corrected chi connectivity index (χ4v) is 3.96. The number of benzene rings is 1. The van der Waals surface area contributed by atoms with Crippen LogP contribution in [0.1, 0.15) is 43.0 Å². The Morgan fingerprint density at radius 3 is 2.89 bits per heavy atom. The van der Waals surface area contributed by atoms with Crippen LogP contribution in [-0.4, -0.2) is 33.5 Å². The van der Waals surface area contributed by atoms with E-state index in [-0.39, 0.29) is 17.8 Å². The minimum Gasteiger partial charge on any atom is -0.380 e. The number of hydrogen-bond donors (Lipinski definition) is 0. The molecule has 27 heavy (non-hydrogen) atoms. The first kappa shape index (κ1) is 19.4. The summed E-state index contributed by atoms with van der Waals surface area (Å²) in [4.78, 5) is 17.6. The Hall–Kier alpha value is -2.32. The molecule has 1 aromatic carbocycles. The van der Waals surface area contributed by atoms with Crippen molar-refractivity contribution < 1.29 is 13.9 Å². The molecule has 1 amide bonds. The summed E-state index contributed by atoms with van der Waals surface area (Å²) in [6.45, 7) is 9.07. The monoisotopic (exact) mass is 390 g/mol. The van der Waals surface area contributed by atoms with Gasteiger partial charge in [-0.2, -0.15) is 10.1 Å². The molecule has 3 rings (SSSR count). The van der Waals surface area contributed by atoms with E-state index in [0.717, 1.165) is 10.4 Å². The number of hydrogen-bond acceptors (Lipinski definition) is 4. The molecule has 0 atom stereocenters. The highest BCUT2D eigenvalue weighted by Crippen LogP contribution is 2.20. The molecule has 2 aromatic heterocycles. The molecule has 0 fully saturated rings. The van der Waals surface area contributed by atoms with Crippen LogP contribution in [0.5, 0.6) is 0 Å². The van der Waals surface area contributed by atoms with Crippen molar-refractivity contribution in [3.05, 3.63) is 46.3 Å². The normalized spacial score (nSPS) is 12.4. The zero-order chi connectivity index (χ0) is 19.6. The summed E-state index contributed by atoms with van der Waals surface area (Å²) >= 11 is 1.29. The van der Waals surface area contributed by atoms with Gasteiger partial charge in [0, 0.05) is 19.2 Å². The maximum absolute atomic E-state index is 14.4. The van der Waals surface area contributed by atoms with Gasteiger partial charge in [-0.25, -0.2) is 4.39 Å². The molecule has 0 radical (unpaired) electrons. The Bertz CT molecular complexity index is 1030. The molecule has 0 aliphatic heterocycles. The Labute approximate surface area is 160 Å². The van der Waals surface area contributed by atoms with E-state index in [4.69, 9.17) is 4.74 Å². The van der Waals surface area contributed by atoms with Gasteiger partial charge in [0.05, 0.1) is 22.5 Å². The van der Waals surface area contributed by atoms with Crippen molar-refractivity contribution in [3.63, 3.8) is 0 Å². The molecule has 0 aliphatic rings. The number of carbonyl (C=O) groups is 1. The van der Waals surface area contributed by atoms with Gasteiger partial charge in [0.25, 0.3) is 5.91 Å². The topological polar surface area (TPSA) is 61.4 Å². The number of aromatic nitrogens is 3. The first-order valence-corrected chi connectivity index (χ1v) is 9.74. The van der Waals surface area contributed by atoms with Gasteiger partial charge in [-0.05, 0) is 45.9 Å². The molecule has 2 heterocycles. The summed E-state index contributed by atoms with van der Waals surface area (Å²) in [5.41, 5.74) is 1.63. The molecule has 0 spiro atoms. The zero-order valence-electron chi connectivity index (χ0n) is 15.9. The average Bonchev–Trinajstić information content (AvgIpc) is 3.17. The third-order valence-corrected chi connectivity index (χ3v) is 5.12. The van der Waals surface area contributed by atoms with Crippen molar-refractivity contribution in [1.82, 2.24) is 14.3 Å². The number of para-hydroxylation sites is 1. The standard InChI is InChI=1S/C19H23FN4O2S/c1-5-26-10-9-23-17-14(20)7-6-8-16(17)27-19(23)21-18(25)15-11-13(4)22-24(15)12(2)3/h6-8,11-12H,5,9-10H2,1-4H3. The molecule has 8 heteroatoms. The number of rotatable bonds is 6. The van der Waals surface area contributed by atoms with E-state index in [1.807, 2.05) is 33.8 Å². The van der Waals surface area contributed by atoms with Crippen LogP contribution >= 0.6 is 11.3 Å². The highest BCUT2D eigenvalue weighted by Gasteiger charge is 2.17. The number of carbonyl (C=O) groups excluding carboxylic acids is 1. The first-order chi connectivity index (χ1) is 12.9. The summed E-state index contributed by atoms with van der Waals surface area (Å²) in [5.74, 6) is -0.723. The maximum atomic E-state index is 14.4. The maximum Gasteiger partial charge on any atom is 0.297 e. The number of aryl methyl sites for hydroxylation is 1. The molecule has 0 N–H and O–H groups in total. The Balaban J connectivity index is 2.11. The van der Waals surface area contributed by atoms with Gasteiger partial charge >= 0.3 is 0 Å². The molecule has 0 aliphatic carbocycles. The molecule has 0 saturated heterocycles. The lowest BCUT2D eigenvalue weighted by Crippen LogP contribution is -2.21. The number of ether oxygens (including phenoxy) is 1. The zero-order valence-corrected chi connectivity index (χ0v) is 16.7. The predicted octanol–water partition coefficient (Wildman–Crippen LogP) is 3.71. The van der Waals surface area contributed by atoms with Gasteiger partial charge in [0.2, 0.25) is 0 Å². The summed E-state index contributed by atoms with van der Waals surface area (Å²) in [6.07, 6.45) is 0. The Morgan fingerprint density at radius 2 is 2.19 bits per heavy atom. The van der Waals surface area contributed by atoms with Gasteiger partial charge in [0.1, 0.15) is 11.5 Å². The Morgan fingerprint density at radius 1 is 1.41 bits per heavy atom. The number of fused-ring (bicyclic) bond motifs is 1. The van der Waals surface area contributed by atoms with Crippen molar-refractivity contribution in [2.24, 2.45) is 4.99 Å². The van der Waals surface area contributed by atoms with Gasteiger partial charge in [-0.1, -0.05) is 17.4 Å². The van der Waals surface area contributed by atoms with Gasteiger partial charge in [-0.3, -0.25) is 9.48 Å². The smallest absolute Gasteiger partial charge is 0.297 e. The first-order valence-electron chi connectivity index (χ1n) is 8.93. The number of halogens is 1. The van der Waals surface area contributed by atoms with Crippen molar-refractivity contribution >= 4 is 27.5 Å². The van der Waals surface area contributed by atoms with Crippen molar-refractivity contribution in [1.29, 1.82) is 0 Å². The second kappa shape index (κ2) is 8.14. The average molecular weight is 390 g/mol. The van der Waals surface area contributed by atoms with Crippen LogP contribution < -0.4 is 4.80 Å². The third kappa shape index (κ3) is 4.01. The molecule has 6 nitrogen and oxygen atoms in total. The molecule has 144 valence electrons. The fourth-order valence-electron chi connectivity index (χ4n) is 2.89. The van der Waals surface area contributed by atoms with Crippen LogP contribution in [0, 0.1) is 12.7 Å². The Kier molecular flexibility index (Phi) is 5.86. The SMILES string of the molecule is CCOCCn1c(=NC(=O)c2cc(C)nn2C(C)C)sc2cccc(F)c21. The molecule has 0 saturated carbocycles. The number of nitrogens with zero attached hydrogens (tertiary/aromatic N) is 4. The number of thiazole rings is 1. The van der Waals surface area contributed by atoms with Gasteiger partial charge < -0.3 is 9.30 Å². The lowest BCUT2D eigenvalue weighted by Gasteiger charge is -2.08. The van der Waals surface area contributed by atoms with Crippen LogP contribution in [0.25, 0.3) is 10.2 Å². The van der Waals surface area contributed by atoms with Crippen molar-refractivity contribution in [2.75, 3.05) is 13.2 Å². The second-order valence-corrected chi connectivity index (χ2v) is 7.46. The van der Waals surface area contributed by atoms with E-state index in [1.54, 1.807) is 21.4 Å². The van der Waals surface area contributed by atoms with Gasteiger partial charge in [-0.15, -0.1) is 0 Å². The summed E-state index contributed by atoms with van der Waals surface area (Å²) in [5, 5.41) is 4.37. The van der Waals surface area contributed by atoms with Gasteiger partial charge in [0.15, 0.2) is 4.80 Å². The lowest BCUT2D eigenvalue weighted by molar-refractivity contribution is 0.0984. The third-order valence-electron chi connectivity index (χ3n) is 4.08. The largest absolute Gasteiger partial charge is 0.380 e. The molecule has 0 unspecified atom stereocenters. The van der Waals surface area contributed by atoms with E-state index in [0.29, 0.717) is 35.8 Å². The van der Waals surface area contributed by atoms with Crippen LogP contribution in [0.2, 0.25) is 0 Å². The molecule has 0 bridgehead atoms. The molecular formula is C19H23FN4O2S. The predicted molar refractivity (Wildman–Crippen MR) is 104 cm³/mol. The van der Waals surface area contributed by atoms with E-state index < -0.39 is 0 Å². The van der Waals surface area contributed by atoms with Crippen molar-refractivity contribution in [2.45, 2.75) is 40.3 Å². The molecule has 3 aromatic rings. The van der Waals surface area contributed by atoms with E-state index >= 15 is 0 Å². The second-order valence-electron chi connectivity index (χ2n) is 6.45. The van der Waals surface area contributed by atoms with E-state index in [9.17, 15) is 9.18 Å². The summed E-state index contributed by atoms with van der Waals surface area (Å²) in [6, 6.07) is 6.66. The fraction of sp³-hybridized carbons (Fsp3) is 0.421. The highest BCUT2D eigenvalue weighted by molar-refractivity contribution is 7.16. The quantitative estimate of drug-likeness (QED) is 0.603. The summed E-state index contributed by atoms with van der Waals surface area (Å²) in [7, 11) is 0. The van der Waals surface area contributed by atoms with Crippen LogP contribution in [0.15, 0.2) is 29.3 Å². The van der Waals surface area contributed by atoms with Crippen LogP contribution in [0.4, 0.5) is 4.39 Å². The highest BCUT2D eigenvalue weighted by atomic mass is 32.1. The van der Waals surface area contributed by atoms with E-state index in [2.05, 4.69) is 10.1 Å². The number of amides is 1. The van der Waals surface area contributed by atoms with Crippen LogP contribution in [-0.2, 0) is 11.3 Å².